The second kappa shape index (κ2) is 10.1. The molecule has 0 bridgehead atoms. The van der Waals surface area contributed by atoms with E-state index in [-0.39, 0.29) is 6.04 Å². The molecule has 0 heterocycles. The van der Waals surface area contributed by atoms with E-state index < -0.39 is 6.10 Å². The largest absolute Gasteiger partial charge is 0.491 e. The highest BCUT2D eigenvalue weighted by Gasteiger charge is 2.08. The van der Waals surface area contributed by atoms with Crippen molar-refractivity contribution in [3.8, 4) is 5.75 Å². The summed E-state index contributed by atoms with van der Waals surface area (Å²) in [6.45, 7) is 6.61. The van der Waals surface area contributed by atoms with E-state index in [0.29, 0.717) is 13.2 Å². The van der Waals surface area contributed by atoms with Crippen molar-refractivity contribution >= 4 is 0 Å². The molecule has 2 aromatic rings. The molecule has 2 unspecified atom stereocenters. The molecule has 24 heavy (non-hydrogen) atoms. The van der Waals surface area contributed by atoms with Gasteiger partial charge in [-0.3, -0.25) is 0 Å². The number of aliphatic hydroxyl groups excluding tert-OH is 1. The number of nitrogens with one attached hydrogen (secondary N) is 2. The van der Waals surface area contributed by atoms with Crippen LogP contribution in [0.5, 0.6) is 5.75 Å². The van der Waals surface area contributed by atoms with Crippen LogP contribution in [0.1, 0.15) is 18.1 Å². The predicted molar refractivity (Wildman–Crippen MR) is 98.3 cm³/mol. The molecule has 0 saturated carbocycles. The van der Waals surface area contributed by atoms with Gasteiger partial charge < -0.3 is 20.5 Å². The Bertz CT molecular complexity index is 589. The van der Waals surface area contributed by atoms with Crippen LogP contribution >= 0.6 is 0 Å². The van der Waals surface area contributed by atoms with Crippen molar-refractivity contribution in [3.63, 3.8) is 0 Å². The maximum atomic E-state index is 10.0. The molecular formula is C20H28N2O2. The molecule has 2 rings (SSSR count). The molecular weight excluding hydrogens is 300 g/mol. The van der Waals surface area contributed by atoms with Gasteiger partial charge in [0.1, 0.15) is 18.5 Å². The number of hydrogen-bond donors (Lipinski definition) is 3. The van der Waals surface area contributed by atoms with Crippen LogP contribution in [-0.4, -0.2) is 36.9 Å². The first-order valence-electron chi connectivity index (χ1n) is 8.49. The van der Waals surface area contributed by atoms with Crippen molar-refractivity contribution < 1.29 is 9.84 Å². The molecule has 0 saturated heterocycles. The van der Waals surface area contributed by atoms with Crippen molar-refractivity contribution in [2.45, 2.75) is 32.5 Å². The molecule has 0 spiro atoms. The van der Waals surface area contributed by atoms with Crippen LogP contribution in [0.2, 0.25) is 0 Å². The SMILES string of the molecule is Cc1ccccc1OCC(O)CNC(C)CNCc1ccccc1. The van der Waals surface area contributed by atoms with Gasteiger partial charge in [0.05, 0.1) is 0 Å². The molecule has 130 valence electrons. The van der Waals surface area contributed by atoms with Crippen LogP contribution in [0.25, 0.3) is 0 Å². The van der Waals surface area contributed by atoms with Crippen LogP contribution in [0.4, 0.5) is 0 Å². The van der Waals surface area contributed by atoms with Crippen LogP contribution in [-0.2, 0) is 6.54 Å². The number of aryl methyl sites for hydroxylation is 1. The maximum absolute atomic E-state index is 10.0. The van der Waals surface area contributed by atoms with E-state index in [2.05, 4.69) is 29.7 Å². The van der Waals surface area contributed by atoms with Gasteiger partial charge in [-0.2, -0.15) is 0 Å². The topological polar surface area (TPSA) is 53.5 Å². The van der Waals surface area contributed by atoms with E-state index in [4.69, 9.17) is 4.74 Å². The van der Waals surface area contributed by atoms with E-state index in [1.165, 1.54) is 5.56 Å². The second-order valence-corrected chi connectivity index (χ2v) is 6.16. The third-order valence-electron chi connectivity index (χ3n) is 3.85. The van der Waals surface area contributed by atoms with Crippen LogP contribution in [0, 0.1) is 6.92 Å². The van der Waals surface area contributed by atoms with E-state index >= 15 is 0 Å². The minimum atomic E-state index is -0.527. The zero-order chi connectivity index (χ0) is 17.2. The molecule has 2 atom stereocenters. The summed E-state index contributed by atoms with van der Waals surface area (Å²) < 4.78 is 5.66. The molecule has 4 heteroatoms. The minimum Gasteiger partial charge on any atom is -0.491 e. The summed E-state index contributed by atoms with van der Waals surface area (Å²) in [5, 5.41) is 16.8. The normalized spacial score (nSPS) is 13.5. The molecule has 0 aliphatic carbocycles. The lowest BCUT2D eigenvalue weighted by Crippen LogP contribution is -2.41. The fraction of sp³-hybridized carbons (Fsp3) is 0.400. The van der Waals surface area contributed by atoms with Crippen LogP contribution < -0.4 is 15.4 Å². The first-order valence-corrected chi connectivity index (χ1v) is 8.49. The van der Waals surface area contributed by atoms with Gasteiger partial charge in [0, 0.05) is 25.7 Å². The van der Waals surface area contributed by atoms with Crippen molar-refractivity contribution in [2.24, 2.45) is 0 Å². The summed E-state index contributed by atoms with van der Waals surface area (Å²) in [7, 11) is 0. The zero-order valence-corrected chi connectivity index (χ0v) is 14.5. The van der Waals surface area contributed by atoms with Gasteiger partial charge in [0.15, 0.2) is 0 Å². The summed E-state index contributed by atoms with van der Waals surface area (Å²) in [6.07, 6.45) is -0.527. The van der Waals surface area contributed by atoms with E-state index in [0.717, 1.165) is 24.4 Å². The number of rotatable bonds is 10. The van der Waals surface area contributed by atoms with Gasteiger partial charge in [-0.1, -0.05) is 48.5 Å². The standard InChI is InChI=1S/C20H28N2O2/c1-16-8-6-7-11-20(16)24-15-19(23)14-22-17(2)12-21-13-18-9-4-3-5-10-18/h3-11,17,19,21-23H,12-15H2,1-2H3. The number of aliphatic hydroxyl groups is 1. The summed E-state index contributed by atoms with van der Waals surface area (Å²) in [4.78, 5) is 0. The van der Waals surface area contributed by atoms with Gasteiger partial charge >= 0.3 is 0 Å². The highest BCUT2D eigenvalue weighted by Crippen LogP contribution is 2.16. The monoisotopic (exact) mass is 328 g/mol. The van der Waals surface area contributed by atoms with Crippen LogP contribution in [0.15, 0.2) is 54.6 Å². The highest BCUT2D eigenvalue weighted by molar-refractivity contribution is 5.31. The Morgan fingerprint density at radius 3 is 2.46 bits per heavy atom. The maximum Gasteiger partial charge on any atom is 0.122 e. The van der Waals surface area contributed by atoms with Crippen molar-refractivity contribution in [2.75, 3.05) is 19.7 Å². The smallest absolute Gasteiger partial charge is 0.122 e. The van der Waals surface area contributed by atoms with Gasteiger partial charge in [-0.05, 0) is 31.0 Å². The average molecular weight is 328 g/mol. The van der Waals surface area contributed by atoms with Gasteiger partial charge in [0.2, 0.25) is 0 Å². The lowest BCUT2D eigenvalue weighted by atomic mass is 10.2. The molecule has 4 nitrogen and oxygen atoms in total. The summed E-state index contributed by atoms with van der Waals surface area (Å²) in [5.74, 6) is 0.828. The molecule has 2 aromatic carbocycles. The number of para-hydroxylation sites is 1. The average Bonchev–Trinajstić information content (AvgIpc) is 2.60. The molecule has 0 aliphatic rings. The fourth-order valence-corrected chi connectivity index (χ4v) is 2.40. The van der Waals surface area contributed by atoms with Crippen molar-refractivity contribution in [1.29, 1.82) is 0 Å². The quantitative estimate of drug-likeness (QED) is 0.627. The highest BCUT2D eigenvalue weighted by atomic mass is 16.5. The Morgan fingerprint density at radius 1 is 1.00 bits per heavy atom. The number of ether oxygens (including phenoxy) is 1. The lowest BCUT2D eigenvalue weighted by Gasteiger charge is -2.18. The van der Waals surface area contributed by atoms with E-state index in [9.17, 15) is 5.11 Å². The molecule has 0 fully saturated rings. The molecule has 0 aliphatic heterocycles. The van der Waals surface area contributed by atoms with Gasteiger partial charge in [-0.25, -0.2) is 0 Å². The Hall–Kier alpha value is -1.88. The molecule has 3 N–H and O–H groups in total. The first-order chi connectivity index (χ1) is 11.6. The number of hydrogen-bond acceptors (Lipinski definition) is 4. The van der Waals surface area contributed by atoms with Gasteiger partial charge in [0.25, 0.3) is 0 Å². The summed E-state index contributed by atoms with van der Waals surface area (Å²) >= 11 is 0. The molecule has 0 radical (unpaired) electrons. The number of benzene rings is 2. The molecule has 0 amide bonds. The van der Waals surface area contributed by atoms with E-state index in [1.54, 1.807) is 0 Å². The third kappa shape index (κ3) is 6.71. The fourth-order valence-electron chi connectivity index (χ4n) is 2.40. The minimum absolute atomic E-state index is 0.279. The van der Waals surface area contributed by atoms with Crippen LogP contribution in [0.3, 0.4) is 0 Å². The predicted octanol–water partition coefficient (Wildman–Crippen LogP) is 2.50. The second-order valence-electron chi connectivity index (χ2n) is 6.16. The van der Waals surface area contributed by atoms with E-state index in [1.807, 2.05) is 49.4 Å². The Balaban J connectivity index is 1.59. The zero-order valence-electron chi connectivity index (χ0n) is 14.5. The summed E-state index contributed by atoms with van der Waals surface area (Å²) in [5.41, 5.74) is 2.35. The Labute approximate surface area is 144 Å². The lowest BCUT2D eigenvalue weighted by molar-refractivity contribution is 0.104. The van der Waals surface area contributed by atoms with Gasteiger partial charge in [-0.15, -0.1) is 0 Å². The third-order valence-corrected chi connectivity index (χ3v) is 3.85. The summed E-state index contributed by atoms with van der Waals surface area (Å²) in [6, 6.07) is 18.4. The Morgan fingerprint density at radius 2 is 1.71 bits per heavy atom. The Kier molecular flexibility index (Phi) is 7.75. The van der Waals surface area contributed by atoms with Crippen molar-refractivity contribution in [1.82, 2.24) is 10.6 Å². The molecule has 0 aromatic heterocycles. The van der Waals surface area contributed by atoms with Crippen molar-refractivity contribution in [3.05, 3.63) is 65.7 Å². The first kappa shape index (κ1) is 18.5.